The molecule has 0 saturated heterocycles. The molecule has 35 heavy (non-hydrogen) atoms. The second kappa shape index (κ2) is 14.1. The Morgan fingerprint density at radius 1 is 1.00 bits per heavy atom. The highest BCUT2D eigenvalue weighted by Crippen LogP contribution is 2.13. The summed E-state index contributed by atoms with van der Waals surface area (Å²) in [5, 5.41) is 23.3. The van der Waals surface area contributed by atoms with Gasteiger partial charge in [0.25, 0.3) is 5.91 Å². The van der Waals surface area contributed by atoms with E-state index in [2.05, 4.69) is 16.0 Å². The number of primary amides is 2. The highest BCUT2D eigenvalue weighted by molar-refractivity contribution is 5.99. The molecule has 0 aliphatic carbocycles. The fraction of sp³-hybridized carbons (Fsp3) is 0.368. The van der Waals surface area contributed by atoms with Crippen molar-refractivity contribution in [2.24, 2.45) is 11.5 Å². The van der Waals surface area contributed by atoms with Crippen LogP contribution in [0.5, 0.6) is 0 Å². The lowest BCUT2D eigenvalue weighted by atomic mass is 10.1. The number of carboxylic acids is 1. The van der Waals surface area contributed by atoms with Gasteiger partial charge in [-0.2, -0.15) is 13.2 Å². The van der Waals surface area contributed by atoms with Crippen molar-refractivity contribution in [2.75, 3.05) is 6.54 Å². The fourth-order valence-electron chi connectivity index (χ4n) is 2.19. The smallest absolute Gasteiger partial charge is 0.475 e. The number of carboxylic acid groups (broad SMARTS) is 1. The van der Waals surface area contributed by atoms with Crippen LogP contribution in [0, 0.1) is 0 Å². The molecule has 0 spiro atoms. The zero-order valence-corrected chi connectivity index (χ0v) is 18.2. The van der Waals surface area contributed by atoms with Gasteiger partial charge in [0.05, 0.1) is 19.1 Å². The third-order valence-corrected chi connectivity index (χ3v) is 3.83. The molecule has 13 nitrogen and oxygen atoms in total. The molecule has 0 bridgehead atoms. The van der Waals surface area contributed by atoms with Crippen LogP contribution in [-0.4, -0.2) is 76.6 Å². The molecule has 16 heteroatoms. The van der Waals surface area contributed by atoms with E-state index in [0.717, 1.165) is 0 Å². The van der Waals surface area contributed by atoms with E-state index in [-0.39, 0.29) is 5.56 Å². The van der Waals surface area contributed by atoms with E-state index in [9.17, 15) is 42.3 Å². The lowest BCUT2D eigenvalue weighted by molar-refractivity contribution is -0.192. The van der Waals surface area contributed by atoms with E-state index in [0.29, 0.717) is 0 Å². The first-order chi connectivity index (χ1) is 16.1. The number of aliphatic carboxylic acids is 1. The van der Waals surface area contributed by atoms with Crippen LogP contribution in [0.15, 0.2) is 30.3 Å². The predicted molar refractivity (Wildman–Crippen MR) is 111 cm³/mol. The number of nitrogens with one attached hydrogen (secondary N) is 3. The number of halogens is 3. The molecule has 5 amide bonds. The molecule has 3 atom stereocenters. The van der Waals surface area contributed by atoms with Crippen LogP contribution >= 0.6 is 0 Å². The molecule has 1 aromatic carbocycles. The SMILES string of the molecule is C[C@@H](O)[C@H](NC(=O)CNC(=O)[C@H](CC(N)=O)NC(=O)c1ccccc1)C(N)=O.O=C(O)C(F)(F)F. The van der Waals surface area contributed by atoms with Crippen molar-refractivity contribution in [2.45, 2.75) is 37.7 Å². The number of benzene rings is 1. The Morgan fingerprint density at radius 3 is 1.91 bits per heavy atom. The molecular weight excluding hydrogens is 483 g/mol. The van der Waals surface area contributed by atoms with Crippen LogP contribution < -0.4 is 27.4 Å². The second-order valence-corrected chi connectivity index (χ2v) is 6.77. The van der Waals surface area contributed by atoms with E-state index in [1.54, 1.807) is 18.2 Å². The zero-order valence-electron chi connectivity index (χ0n) is 18.2. The quantitative estimate of drug-likeness (QED) is 0.183. The van der Waals surface area contributed by atoms with E-state index in [4.69, 9.17) is 21.4 Å². The van der Waals surface area contributed by atoms with Gasteiger partial charge in [-0.25, -0.2) is 4.79 Å². The molecule has 0 radical (unpaired) electrons. The summed E-state index contributed by atoms with van der Waals surface area (Å²) >= 11 is 0. The first-order valence-corrected chi connectivity index (χ1v) is 9.55. The molecular formula is C19H24F3N5O8. The molecule has 194 valence electrons. The Morgan fingerprint density at radius 2 is 1.51 bits per heavy atom. The number of amides is 5. The summed E-state index contributed by atoms with van der Waals surface area (Å²) in [6.07, 6.45) is -6.80. The zero-order chi connectivity index (χ0) is 27.3. The summed E-state index contributed by atoms with van der Waals surface area (Å²) in [6.45, 7) is 0.683. The molecule has 9 N–H and O–H groups in total. The Labute approximate surface area is 196 Å². The van der Waals surface area contributed by atoms with E-state index in [1.807, 2.05) is 0 Å². The van der Waals surface area contributed by atoms with Gasteiger partial charge in [0.15, 0.2) is 0 Å². The molecule has 0 unspecified atom stereocenters. The Bertz CT molecular complexity index is 925. The van der Waals surface area contributed by atoms with Crippen molar-refractivity contribution >= 4 is 35.5 Å². The van der Waals surface area contributed by atoms with Crippen LogP contribution in [0.4, 0.5) is 13.2 Å². The number of rotatable bonds is 10. The third kappa shape index (κ3) is 12.6. The summed E-state index contributed by atoms with van der Waals surface area (Å²) < 4.78 is 31.7. The van der Waals surface area contributed by atoms with E-state index in [1.165, 1.54) is 19.1 Å². The second-order valence-electron chi connectivity index (χ2n) is 6.77. The third-order valence-electron chi connectivity index (χ3n) is 3.83. The fourth-order valence-corrected chi connectivity index (χ4v) is 2.19. The summed E-state index contributed by atoms with van der Waals surface area (Å²) in [5.41, 5.74) is 10.4. The topological polar surface area (TPSA) is 231 Å². The first-order valence-electron chi connectivity index (χ1n) is 9.55. The van der Waals surface area contributed by atoms with Crippen molar-refractivity contribution in [1.82, 2.24) is 16.0 Å². The largest absolute Gasteiger partial charge is 0.490 e. The summed E-state index contributed by atoms with van der Waals surface area (Å²) in [6, 6.07) is 5.35. The predicted octanol–water partition coefficient (Wildman–Crippen LogP) is -2.24. The standard InChI is InChI=1S/C17H23N5O6.C2HF3O2/c1-9(23)14(15(19)26)22-13(25)8-20-17(28)11(7-12(18)24)21-16(27)10-5-3-2-4-6-10;3-2(4,5)1(6)7/h2-6,9,11,14,23H,7-8H2,1H3,(H2,18,24)(H2,19,26)(H,20,28)(H,21,27)(H,22,25);(H,6,7)/t9-,11+,14+;/m1./s1. The average molecular weight is 507 g/mol. The molecule has 0 heterocycles. The van der Waals surface area contributed by atoms with E-state index < -0.39 is 72.8 Å². The number of hydrogen-bond acceptors (Lipinski definition) is 7. The van der Waals surface area contributed by atoms with E-state index >= 15 is 0 Å². The van der Waals surface area contributed by atoms with Crippen molar-refractivity contribution in [3.8, 4) is 0 Å². The van der Waals surface area contributed by atoms with Gasteiger partial charge in [0, 0.05) is 5.56 Å². The van der Waals surface area contributed by atoms with Crippen LogP contribution in [0.2, 0.25) is 0 Å². The van der Waals surface area contributed by atoms with Gasteiger partial charge in [-0.15, -0.1) is 0 Å². The summed E-state index contributed by atoms with van der Waals surface area (Å²) in [5.74, 6) is -6.77. The number of carbonyl (C=O) groups excluding carboxylic acids is 5. The molecule has 0 saturated carbocycles. The Kier molecular flexibility index (Phi) is 12.4. The molecule has 0 aromatic heterocycles. The van der Waals surface area contributed by atoms with Crippen molar-refractivity contribution in [3.63, 3.8) is 0 Å². The number of aliphatic hydroxyl groups is 1. The normalized spacial score (nSPS) is 13.1. The molecule has 1 rings (SSSR count). The number of nitrogens with two attached hydrogens (primary N) is 2. The maximum absolute atomic E-state index is 12.2. The molecule has 1 aromatic rings. The van der Waals surface area contributed by atoms with Crippen molar-refractivity contribution < 1.29 is 52.2 Å². The lowest BCUT2D eigenvalue weighted by Crippen LogP contribution is -2.54. The minimum absolute atomic E-state index is 0.267. The number of aliphatic hydroxyl groups excluding tert-OH is 1. The van der Waals surface area contributed by atoms with Crippen LogP contribution in [0.25, 0.3) is 0 Å². The van der Waals surface area contributed by atoms with Gasteiger partial charge in [-0.05, 0) is 19.1 Å². The minimum Gasteiger partial charge on any atom is -0.475 e. The Balaban J connectivity index is 0.00000143. The Hall–Kier alpha value is -4.21. The van der Waals surface area contributed by atoms with Crippen LogP contribution in [0.3, 0.4) is 0 Å². The molecule has 0 aliphatic heterocycles. The minimum atomic E-state index is -5.08. The van der Waals surface area contributed by atoms with Gasteiger partial charge >= 0.3 is 12.1 Å². The highest BCUT2D eigenvalue weighted by Gasteiger charge is 2.38. The van der Waals surface area contributed by atoms with Gasteiger partial charge in [0.1, 0.15) is 12.1 Å². The van der Waals surface area contributed by atoms with Crippen molar-refractivity contribution in [3.05, 3.63) is 35.9 Å². The van der Waals surface area contributed by atoms with Crippen molar-refractivity contribution in [1.29, 1.82) is 0 Å². The number of alkyl halides is 3. The number of carbonyl (C=O) groups is 6. The lowest BCUT2D eigenvalue weighted by Gasteiger charge is -2.19. The maximum atomic E-state index is 12.2. The van der Waals surface area contributed by atoms with Gasteiger partial charge in [0.2, 0.25) is 23.6 Å². The van der Waals surface area contributed by atoms with Gasteiger partial charge in [-0.1, -0.05) is 18.2 Å². The monoisotopic (exact) mass is 507 g/mol. The van der Waals surface area contributed by atoms with Crippen LogP contribution in [-0.2, 0) is 24.0 Å². The van der Waals surface area contributed by atoms with Gasteiger partial charge < -0.3 is 37.6 Å². The maximum Gasteiger partial charge on any atom is 0.490 e. The molecule has 0 fully saturated rings. The van der Waals surface area contributed by atoms with Gasteiger partial charge in [-0.3, -0.25) is 24.0 Å². The molecule has 0 aliphatic rings. The highest BCUT2D eigenvalue weighted by atomic mass is 19.4. The summed E-state index contributed by atoms with van der Waals surface area (Å²) in [7, 11) is 0. The summed E-state index contributed by atoms with van der Waals surface area (Å²) in [4.78, 5) is 67.5. The number of hydrogen-bond donors (Lipinski definition) is 7. The van der Waals surface area contributed by atoms with Crippen LogP contribution in [0.1, 0.15) is 23.7 Å². The first kappa shape index (κ1) is 30.8. The average Bonchev–Trinajstić information content (AvgIpc) is 2.74.